The minimum atomic E-state index is -3.09. The van der Waals surface area contributed by atoms with E-state index < -0.39 is 6.80 Å². The molecule has 0 bridgehead atoms. The second-order valence-corrected chi connectivity index (χ2v) is 8.82. The van der Waals surface area contributed by atoms with Gasteiger partial charge >= 0.3 is 6.80 Å². The summed E-state index contributed by atoms with van der Waals surface area (Å²) in [6.45, 7) is -0.837. The summed E-state index contributed by atoms with van der Waals surface area (Å²) in [4.78, 5) is 0. The lowest BCUT2D eigenvalue weighted by molar-refractivity contribution is 0.295. The molecule has 106 valence electrons. The van der Waals surface area contributed by atoms with E-state index in [1.807, 2.05) is 37.3 Å². The van der Waals surface area contributed by atoms with Crippen molar-refractivity contribution in [3.8, 4) is 5.75 Å². The molecule has 0 radical (unpaired) electrons. The molecule has 2 rings (SSSR count). The van der Waals surface area contributed by atoms with Crippen LogP contribution in [0.25, 0.3) is 0 Å². The molecule has 1 aromatic carbocycles. The molecule has 0 heterocycles. The largest absolute Gasteiger partial charge is 0.440 e. The SMILES string of the molecule is CCOP(=O)(Oc1ccccc1)SC1CCCCC1. The Bertz CT molecular complexity index is 418. The van der Waals surface area contributed by atoms with E-state index in [9.17, 15) is 4.57 Å². The van der Waals surface area contributed by atoms with Crippen molar-refractivity contribution in [2.75, 3.05) is 6.61 Å². The van der Waals surface area contributed by atoms with Crippen LogP contribution in [-0.4, -0.2) is 11.9 Å². The van der Waals surface area contributed by atoms with Gasteiger partial charge in [-0.1, -0.05) is 37.5 Å². The van der Waals surface area contributed by atoms with Gasteiger partial charge in [-0.3, -0.25) is 4.52 Å². The van der Waals surface area contributed by atoms with Crippen LogP contribution in [0.15, 0.2) is 30.3 Å². The molecular formula is C14H21O3PS. The lowest BCUT2D eigenvalue weighted by Crippen LogP contribution is -2.09. The quantitative estimate of drug-likeness (QED) is 0.670. The Morgan fingerprint density at radius 3 is 2.53 bits per heavy atom. The molecule has 1 aliphatic carbocycles. The summed E-state index contributed by atoms with van der Waals surface area (Å²) in [5.74, 6) is 0.614. The number of rotatable bonds is 6. The third-order valence-corrected chi connectivity index (χ3v) is 7.32. The maximum atomic E-state index is 12.8. The molecular weight excluding hydrogens is 279 g/mol. The van der Waals surface area contributed by atoms with Gasteiger partial charge < -0.3 is 4.52 Å². The zero-order valence-electron chi connectivity index (χ0n) is 11.3. The van der Waals surface area contributed by atoms with Crippen LogP contribution in [0.4, 0.5) is 0 Å². The van der Waals surface area contributed by atoms with Crippen LogP contribution in [0.3, 0.4) is 0 Å². The molecule has 0 aromatic heterocycles. The Labute approximate surface area is 119 Å². The van der Waals surface area contributed by atoms with E-state index in [-0.39, 0.29) is 0 Å². The summed E-state index contributed by atoms with van der Waals surface area (Å²) >= 11 is 1.40. The van der Waals surface area contributed by atoms with E-state index in [0.29, 0.717) is 17.6 Å². The van der Waals surface area contributed by atoms with Crippen LogP contribution in [-0.2, 0) is 9.09 Å². The molecule has 1 atom stereocenters. The maximum Gasteiger partial charge on any atom is 0.440 e. The Hall–Kier alpha value is -0.440. The van der Waals surface area contributed by atoms with Gasteiger partial charge in [-0.05, 0) is 43.3 Å². The lowest BCUT2D eigenvalue weighted by Gasteiger charge is -2.25. The summed E-state index contributed by atoms with van der Waals surface area (Å²) in [7, 11) is 0. The molecule has 1 saturated carbocycles. The van der Waals surface area contributed by atoms with Crippen molar-refractivity contribution in [2.45, 2.75) is 44.3 Å². The van der Waals surface area contributed by atoms with Crippen molar-refractivity contribution < 1.29 is 13.6 Å². The highest BCUT2D eigenvalue weighted by Gasteiger charge is 2.32. The van der Waals surface area contributed by atoms with Crippen LogP contribution >= 0.6 is 18.2 Å². The van der Waals surface area contributed by atoms with E-state index in [1.54, 1.807) is 0 Å². The molecule has 0 spiro atoms. The van der Waals surface area contributed by atoms with Crippen molar-refractivity contribution in [2.24, 2.45) is 0 Å². The molecule has 5 heteroatoms. The molecule has 1 aromatic rings. The Balaban J connectivity index is 2.01. The molecule has 1 unspecified atom stereocenters. The molecule has 0 aliphatic heterocycles. The fraction of sp³-hybridized carbons (Fsp3) is 0.571. The maximum absolute atomic E-state index is 12.8. The predicted molar refractivity (Wildman–Crippen MR) is 80.8 cm³/mol. The van der Waals surface area contributed by atoms with Crippen LogP contribution < -0.4 is 4.52 Å². The molecule has 3 nitrogen and oxygen atoms in total. The number of para-hydroxylation sites is 1. The minimum Gasteiger partial charge on any atom is -0.417 e. The number of hydrogen-bond donors (Lipinski definition) is 0. The highest BCUT2D eigenvalue weighted by atomic mass is 32.7. The van der Waals surface area contributed by atoms with Gasteiger partial charge in [0.1, 0.15) is 5.75 Å². The number of hydrogen-bond acceptors (Lipinski definition) is 4. The molecule has 19 heavy (non-hydrogen) atoms. The van der Waals surface area contributed by atoms with Crippen molar-refractivity contribution in [1.29, 1.82) is 0 Å². The van der Waals surface area contributed by atoms with Gasteiger partial charge in [-0.2, -0.15) is 0 Å². The number of benzene rings is 1. The van der Waals surface area contributed by atoms with Gasteiger partial charge in [0.25, 0.3) is 0 Å². The van der Waals surface area contributed by atoms with E-state index in [1.165, 1.54) is 30.6 Å². The van der Waals surface area contributed by atoms with Gasteiger partial charge in [0.05, 0.1) is 6.61 Å². The lowest BCUT2D eigenvalue weighted by atomic mass is 10.0. The third-order valence-electron chi connectivity index (χ3n) is 3.08. The molecule has 0 N–H and O–H groups in total. The Morgan fingerprint density at radius 1 is 1.21 bits per heavy atom. The topological polar surface area (TPSA) is 35.5 Å². The first kappa shape index (κ1) is 15.0. The van der Waals surface area contributed by atoms with E-state index in [0.717, 1.165) is 12.8 Å². The van der Waals surface area contributed by atoms with Gasteiger partial charge in [0.2, 0.25) is 0 Å². The average molecular weight is 300 g/mol. The van der Waals surface area contributed by atoms with Crippen LogP contribution in [0.5, 0.6) is 5.75 Å². The highest BCUT2D eigenvalue weighted by molar-refractivity contribution is 8.55. The molecule has 0 saturated heterocycles. The van der Waals surface area contributed by atoms with E-state index in [4.69, 9.17) is 9.05 Å². The van der Waals surface area contributed by atoms with Crippen molar-refractivity contribution in [1.82, 2.24) is 0 Å². The summed E-state index contributed by atoms with van der Waals surface area (Å²) < 4.78 is 23.8. The monoisotopic (exact) mass is 300 g/mol. The van der Waals surface area contributed by atoms with Gasteiger partial charge in [-0.25, -0.2) is 4.57 Å². The highest BCUT2D eigenvalue weighted by Crippen LogP contribution is 2.63. The predicted octanol–water partition coefficient (Wildman–Crippen LogP) is 5.28. The first-order chi connectivity index (χ1) is 9.22. The fourth-order valence-corrected chi connectivity index (χ4v) is 6.58. The molecule has 0 amide bonds. The summed E-state index contributed by atoms with van der Waals surface area (Å²) in [6.07, 6.45) is 5.94. The summed E-state index contributed by atoms with van der Waals surface area (Å²) in [5.41, 5.74) is 0. The average Bonchev–Trinajstić information content (AvgIpc) is 2.41. The van der Waals surface area contributed by atoms with Crippen LogP contribution in [0, 0.1) is 0 Å². The van der Waals surface area contributed by atoms with Crippen molar-refractivity contribution >= 4 is 18.2 Å². The minimum absolute atomic E-state index is 0.398. The molecule has 1 aliphatic rings. The van der Waals surface area contributed by atoms with Crippen LogP contribution in [0.1, 0.15) is 39.0 Å². The van der Waals surface area contributed by atoms with Gasteiger partial charge in [0, 0.05) is 5.25 Å². The second kappa shape index (κ2) is 7.37. The van der Waals surface area contributed by atoms with Crippen LogP contribution in [0.2, 0.25) is 0 Å². The second-order valence-electron chi connectivity index (χ2n) is 4.63. The van der Waals surface area contributed by atoms with E-state index >= 15 is 0 Å². The third kappa shape index (κ3) is 4.87. The normalized spacial score (nSPS) is 19.8. The zero-order chi connectivity index (χ0) is 13.6. The fourth-order valence-electron chi connectivity index (χ4n) is 2.20. The standard InChI is InChI=1S/C14H21O3PS/c1-2-16-18(15,17-13-9-5-3-6-10-13)19-14-11-7-4-8-12-14/h3,5-6,9-10,14H,2,4,7-8,11-12H2,1H3. The van der Waals surface area contributed by atoms with E-state index in [2.05, 4.69) is 0 Å². The summed E-state index contributed by atoms with van der Waals surface area (Å²) in [5, 5.41) is 0.398. The zero-order valence-corrected chi connectivity index (χ0v) is 13.0. The van der Waals surface area contributed by atoms with Gasteiger partial charge in [-0.15, -0.1) is 0 Å². The smallest absolute Gasteiger partial charge is 0.417 e. The van der Waals surface area contributed by atoms with Crippen molar-refractivity contribution in [3.05, 3.63) is 30.3 Å². The molecule has 1 fully saturated rings. The first-order valence-electron chi connectivity index (χ1n) is 6.89. The Kier molecular flexibility index (Phi) is 5.80. The Morgan fingerprint density at radius 2 is 1.89 bits per heavy atom. The summed E-state index contributed by atoms with van der Waals surface area (Å²) in [6, 6.07) is 9.28. The first-order valence-corrected chi connectivity index (χ1v) is 9.92. The van der Waals surface area contributed by atoms with Gasteiger partial charge in [0.15, 0.2) is 0 Å². The van der Waals surface area contributed by atoms with Crippen molar-refractivity contribution in [3.63, 3.8) is 0 Å².